The molecule has 2 aromatic heterocycles. The van der Waals surface area contributed by atoms with E-state index in [0.717, 1.165) is 39.8 Å². The molecule has 2 heterocycles. The van der Waals surface area contributed by atoms with E-state index in [-0.39, 0.29) is 5.91 Å². The summed E-state index contributed by atoms with van der Waals surface area (Å²) in [4.78, 5) is 22.2. The van der Waals surface area contributed by atoms with Crippen molar-refractivity contribution in [2.24, 2.45) is 0 Å². The van der Waals surface area contributed by atoms with Crippen molar-refractivity contribution in [2.75, 3.05) is 5.32 Å². The van der Waals surface area contributed by atoms with Gasteiger partial charge >= 0.3 is 0 Å². The number of aryl methyl sites for hydroxylation is 1. The molecule has 4 rings (SSSR count). The van der Waals surface area contributed by atoms with E-state index in [1.54, 1.807) is 12.4 Å². The van der Waals surface area contributed by atoms with Crippen LogP contribution < -0.4 is 5.32 Å². The fraction of sp³-hybridized carbons (Fsp3) is 0.192. The minimum absolute atomic E-state index is 0.139. The lowest BCUT2D eigenvalue weighted by Crippen LogP contribution is -2.13. The second-order valence-electron chi connectivity index (χ2n) is 7.65. The summed E-state index contributed by atoms with van der Waals surface area (Å²) in [5.74, 6) is 0.365. The number of nitrogens with one attached hydrogen (secondary N) is 1. The number of pyridine rings is 2. The summed E-state index contributed by atoms with van der Waals surface area (Å²) < 4.78 is 0. The van der Waals surface area contributed by atoms with Gasteiger partial charge in [0, 0.05) is 29.0 Å². The van der Waals surface area contributed by atoms with Gasteiger partial charge < -0.3 is 5.32 Å². The van der Waals surface area contributed by atoms with Gasteiger partial charge in [-0.05, 0) is 60.7 Å². The normalized spacial score (nSPS) is 12.0. The Morgan fingerprint density at radius 3 is 2.47 bits per heavy atom. The lowest BCUT2D eigenvalue weighted by molar-refractivity contribution is 0.102. The highest BCUT2D eigenvalue weighted by molar-refractivity contribution is 6.13. The molecule has 150 valence electrons. The number of rotatable bonds is 5. The number of carbonyl (C=O) groups is 1. The lowest BCUT2D eigenvalue weighted by atomic mass is 9.98. The first-order chi connectivity index (χ1) is 14.6. The fourth-order valence-corrected chi connectivity index (χ4v) is 3.58. The number of anilines is 1. The number of hydrogen-bond acceptors (Lipinski definition) is 3. The van der Waals surface area contributed by atoms with Gasteiger partial charge in [-0.1, -0.05) is 44.2 Å². The average molecular weight is 396 g/mol. The molecule has 4 nitrogen and oxygen atoms in total. The zero-order valence-corrected chi connectivity index (χ0v) is 17.5. The number of fused-ring (bicyclic) bond motifs is 1. The van der Waals surface area contributed by atoms with Crippen LogP contribution in [0.3, 0.4) is 0 Å². The predicted octanol–water partition coefficient (Wildman–Crippen LogP) is 6.37. The number of para-hydroxylation sites is 1. The summed E-state index contributed by atoms with van der Waals surface area (Å²) in [6, 6.07) is 19.7. The number of amides is 1. The zero-order chi connectivity index (χ0) is 21.1. The molecule has 1 atom stereocenters. The Balaban J connectivity index is 1.73. The Hall–Kier alpha value is -3.53. The summed E-state index contributed by atoms with van der Waals surface area (Å²) in [5.41, 5.74) is 6.25. The molecule has 0 bridgehead atoms. The number of carbonyl (C=O) groups excluding carboxylic acids is 1. The maximum Gasteiger partial charge on any atom is 0.256 e. The topological polar surface area (TPSA) is 54.9 Å². The van der Waals surface area contributed by atoms with E-state index in [1.165, 1.54) is 5.56 Å². The number of aromatic nitrogens is 2. The SMILES string of the molecule is CC[C@H](C)c1ccc(NC(=O)c2cc(-c3ccncc3)nc3c(C)cccc23)cc1. The van der Waals surface area contributed by atoms with Crippen molar-refractivity contribution in [1.82, 2.24) is 9.97 Å². The molecule has 4 aromatic rings. The van der Waals surface area contributed by atoms with E-state index >= 15 is 0 Å². The highest BCUT2D eigenvalue weighted by Gasteiger charge is 2.15. The van der Waals surface area contributed by atoms with Crippen molar-refractivity contribution in [3.05, 3.63) is 89.7 Å². The van der Waals surface area contributed by atoms with Gasteiger partial charge in [0.1, 0.15) is 0 Å². The van der Waals surface area contributed by atoms with Crippen LogP contribution in [0.1, 0.15) is 47.7 Å². The van der Waals surface area contributed by atoms with E-state index in [0.29, 0.717) is 11.5 Å². The van der Waals surface area contributed by atoms with Crippen molar-refractivity contribution >= 4 is 22.5 Å². The minimum Gasteiger partial charge on any atom is -0.322 e. The minimum atomic E-state index is -0.139. The Bertz CT molecular complexity index is 1180. The molecule has 4 heteroatoms. The van der Waals surface area contributed by atoms with Crippen molar-refractivity contribution in [3.63, 3.8) is 0 Å². The molecule has 1 N–H and O–H groups in total. The van der Waals surface area contributed by atoms with Crippen LogP contribution in [-0.2, 0) is 0 Å². The first kappa shape index (κ1) is 19.8. The van der Waals surface area contributed by atoms with E-state index in [4.69, 9.17) is 4.98 Å². The first-order valence-corrected chi connectivity index (χ1v) is 10.3. The van der Waals surface area contributed by atoms with Crippen molar-refractivity contribution in [1.29, 1.82) is 0 Å². The maximum absolute atomic E-state index is 13.2. The monoisotopic (exact) mass is 395 g/mol. The van der Waals surface area contributed by atoms with Crippen molar-refractivity contribution in [3.8, 4) is 11.3 Å². The Morgan fingerprint density at radius 1 is 1.03 bits per heavy atom. The summed E-state index contributed by atoms with van der Waals surface area (Å²) >= 11 is 0. The van der Waals surface area contributed by atoms with E-state index in [9.17, 15) is 4.79 Å². The highest BCUT2D eigenvalue weighted by Crippen LogP contribution is 2.27. The third-order valence-corrected chi connectivity index (χ3v) is 5.61. The standard InChI is InChI=1S/C26H25N3O/c1-4-17(2)19-8-10-21(11-9-19)28-26(30)23-16-24(20-12-14-27-15-13-20)29-25-18(3)6-5-7-22(23)25/h5-17H,4H2,1-3H3,(H,28,30)/t17-/m0/s1. The summed E-state index contributed by atoms with van der Waals surface area (Å²) in [5, 5.41) is 3.90. The molecule has 0 spiro atoms. The summed E-state index contributed by atoms with van der Waals surface area (Å²) in [6.07, 6.45) is 4.56. The van der Waals surface area contributed by atoms with Crippen LogP contribution in [0.4, 0.5) is 5.69 Å². The van der Waals surface area contributed by atoms with Crippen LogP contribution in [0, 0.1) is 6.92 Å². The Labute approximate surface area is 177 Å². The van der Waals surface area contributed by atoms with Crippen LogP contribution in [0.25, 0.3) is 22.2 Å². The molecule has 0 fully saturated rings. The van der Waals surface area contributed by atoms with Gasteiger partial charge in [-0.2, -0.15) is 0 Å². The smallest absolute Gasteiger partial charge is 0.256 e. The van der Waals surface area contributed by atoms with Crippen LogP contribution in [-0.4, -0.2) is 15.9 Å². The predicted molar refractivity (Wildman–Crippen MR) is 123 cm³/mol. The molecule has 0 aliphatic carbocycles. The molecule has 0 radical (unpaired) electrons. The van der Waals surface area contributed by atoms with Crippen LogP contribution in [0.2, 0.25) is 0 Å². The van der Waals surface area contributed by atoms with Gasteiger partial charge in [-0.25, -0.2) is 4.98 Å². The lowest BCUT2D eigenvalue weighted by Gasteiger charge is -2.13. The van der Waals surface area contributed by atoms with Gasteiger partial charge in [0.05, 0.1) is 16.8 Å². The van der Waals surface area contributed by atoms with E-state index < -0.39 is 0 Å². The number of benzene rings is 2. The van der Waals surface area contributed by atoms with Crippen LogP contribution in [0.15, 0.2) is 73.1 Å². The van der Waals surface area contributed by atoms with Gasteiger partial charge in [0.2, 0.25) is 0 Å². The van der Waals surface area contributed by atoms with Gasteiger partial charge in [0.25, 0.3) is 5.91 Å². The molecule has 0 unspecified atom stereocenters. The second kappa shape index (κ2) is 8.46. The quantitative estimate of drug-likeness (QED) is 0.427. The van der Waals surface area contributed by atoms with E-state index in [1.807, 2.05) is 55.5 Å². The summed E-state index contributed by atoms with van der Waals surface area (Å²) in [7, 11) is 0. The zero-order valence-electron chi connectivity index (χ0n) is 17.5. The molecule has 0 saturated carbocycles. The number of nitrogens with zero attached hydrogens (tertiary/aromatic N) is 2. The van der Waals surface area contributed by atoms with Gasteiger partial charge in [-0.15, -0.1) is 0 Å². The number of hydrogen-bond donors (Lipinski definition) is 1. The third kappa shape index (κ3) is 3.94. The van der Waals surface area contributed by atoms with Gasteiger partial charge in [0.15, 0.2) is 0 Å². The average Bonchev–Trinajstić information content (AvgIpc) is 2.79. The second-order valence-corrected chi connectivity index (χ2v) is 7.65. The molecule has 0 aliphatic rings. The van der Waals surface area contributed by atoms with Crippen molar-refractivity contribution < 1.29 is 4.79 Å². The van der Waals surface area contributed by atoms with Crippen LogP contribution >= 0.6 is 0 Å². The largest absolute Gasteiger partial charge is 0.322 e. The fourth-order valence-electron chi connectivity index (χ4n) is 3.58. The molecular weight excluding hydrogens is 370 g/mol. The molecule has 1 amide bonds. The van der Waals surface area contributed by atoms with E-state index in [2.05, 4.69) is 36.3 Å². The molecule has 30 heavy (non-hydrogen) atoms. The van der Waals surface area contributed by atoms with Crippen molar-refractivity contribution in [2.45, 2.75) is 33.1 Å². The summed E-state index contributed by atoms with van der Waals surface area (Å²) in [6.45, 7) is 6.40. The first-order valence-electron chi connectivity index (χ1n) is 10.3. The van der Waals surface area contributed by atoms with Crippen LogP contribution in [0.5, 0.6) is 0 Å². The molecular formula is C26H25N3O. The maximum atomic E-state index is 13.2. The third-order valence-electron chi connectivity index (χ3n) is 5.61. The Kier molecular flexibility index (Phi) is 5.57. The van der Waals surface area contributed by atoms with Gasteiger partial charge in [-0.3, -0.25) is 9.78 Å². The molecule has 2 aromatic carbocycles. The molecule has 0 aliphatic heterocycles. The molecule has 0 saturated heterocycles. The Morgan fingerprint density at radius 2 is 1.77 bits per heavy atom. The highest BCUT2D eigenvalue weighted by atomic mass is 16.1.